The van der Waals surface area contributed by atoms with Crippen LogP contribution in [0, 0.1) is 13.8 Å². The van der Waals surface area contributed by atoms with Crippen LogP contribution < -0.4 is 5.43 Å². The Morgan fingerprint density at radius 2 is 1.60 bits per heavy atom. The highest BCUT2D eigenvalue weighted by Crippen LogP contribution is 2.18. The quantitative estimate of drug-likeness (QED) is 0.563. The SMILES string of the molecule is CC(=NNC(=O)c1cc(-c2ccc(C)cc2)n[nH]1)c1ccc(C)cc1. The van der Waals surface area contributed by atoms with Crippen LogP contribution in [-0.4, -0.2) is 21.8 Å². The highest BCUT2D eigenvalue weighted by atomic mass is 16.2. The average Bonchev–Trinajstić information content (AvgIpc) is 3.11. The van der Waals surface area contributed by atoms with Crippen LogP contribution in [0.2, 0.25) is 0 Å². The van der Waals surface area contributed by atoms with Crippen LogP contribution in [0.25, 0.3) is 11.3 Å². The van der Waals surface area contributed by atoms with Crippen molar-refractivity contribution in [3.8, 4) is 11.3 Å². The van der Waals surface area contributed by atoms with E-state index in [1.54, 1.807) is 6.07 Å². The van der Waals surface area contributed by atoms with Crippen LogP contribution in [0.1, 0.15) is 34.1 Å². The van der Waals surface area contributed by atoms with Crippen molar-refractivity contribution >= 4 is 11.6 Å². The van der Waals surface area contributed by atoms with Gasteiger partial charge in [-0.2, -0.15) is 10.2 Å². The maximum Gasteiger partial charge on any atom is 0.289 e. The van der Waals surface area contributed by atoms with Crippen LogP contribution >= 0.6 is 0 Å². The van der Waals surface area contributed by atoms with Crippen LogP contribution in [0.15, 0.2) is 59.7 Å². The second-order valence-corrected chi connectivity index (χ2v) is 6.04. The van der Waals surface area contributed by atoms with Crippen LogP contribution in [-0.2, 0) is 0 Å². The van der Waals surface area contributed by atoms with Crippen molar-refractivity contribution < 1.29 is 4.79 Å². The molecule has 1 heterocycles. The summed E-state index contributed by atoms with van der Waals surface area (Å²) in [7, 11) is 0. The molecule has 0 saturated carbocycles. The zero-order chi connectivity index (χ0) is 17.8. The van der Waals surface area contributed by atoms with Crippen LogP contribution in [0.3, 0.4) is 0 Å². The largest absolute Gasteiger partial charge is 0.289 e. The van der Waals surface area contributed by atoms with Gasteiger partial charge in [0.1, 0.15) is 5.69 Å². The van der Waals surface area contributed by atoms with Gasteiger partial charge in [-0.25, -0.2) is 5.43 Å². The van der Waals surface area contributed by atoms with Gasteiger partial charge < -0.3 is 0 Å². The Morgan fingerprint density at radius 1 is 1.00 bits per heavy atom. The molecular formula is C20H20N4O. The summed E-state index contributed by atoms with van der Waals surface area (Å²) in [5.41, 5.74) is 8.69. The predicted molar refractivity (Wildman–Crippen MR) is 99.6 cm³/mol. The number of rotatable bonds is 4. The first-order chi connectivity index (χ1) is 12.0. The lowest BCUT2D eigenvalue weighted by molar-refractivity contribution is 0.0950. The van der Waals surface area contributed by atoms with Gasteiger partial charge in [0.05, 0.1) is 11.4 Å². The highest BCUT2D eigenvalue weighted by Gasteiger charge is 2.10. The van der Waals surface area contributed by atoms with Gasteiger partial charge >= 0.3 is 0 Å². The van der Waals surface area contributed by atoms with Gasteiger partial charge in [0.25, 0.3) is 5.91 Å². The van der Waals surface area contributed by atoms with Gasteiger partial charge in [0, 0.05) is 5.56 Å². The number of H-pyrrole nitrogens is 1. The fourth-order valence-electron chi connectivity index (χ4n) is 2.36. The highest BCUT2D eigenvalue weighted by molar-refractivity contribution is 6.00. The maximum atomic E-state index is 12.2. The molecule has 0 unspecified atom stereocenters. The zero-order valence-electron chi connectivity index (χ0n) is 14.5. The third-order valence-electron chi connectivity index (χ3n) is 3.96. The predicted octanol–water partition coefficient (Wildman–Crippen LogP) is 3.85. The van der Waals surface area contributed by atoms with Gasteiger partial charge in [0.2, 0.25) is 0 Å². The van der Waals surface area contributed by atoms with E-state index in [9.17, 15) is 4.79 Å². The molecule has 2 aromatic carbocycles. The fourth-order valence-corrected chi connectivity index (χ4v) is 2.36. The van der Waals surface area contributed by atoms with Gasteiger partial charge in [-0.05, 0) is 32.4 Å². The lowest BCUT2D eigenvalue weighted by Gasteiger charge is -2.02. The molecular weight excluding hydrogens is 312 g/mol. The molecule has 1 amide bonds. The summed E-state index contributed by atoms with van der Waals surface area (Å²) >= 11 is 0. The van der Waals surface area contributed by atoms with E-state index in [1.165, 1.54) is 11.1 Å². The Bertz CT molecular complexity index is 906. The number of hydrogen-bond donors (Lipinski definition) is 2. The first-order valence-corrected chi connectivity index (χ1v) is 8.07. The number of benzene rings is 2. The number of aryl methyl sites for hydroxylation is 2. The van der Waals surface area contributed by atoms with Crippen molar-refractivity contribution in [2.45, 2.75) is 20.8 Å². The summed E-state index contributed by atoms with van der Waals surface area (Å²) in [6, 6.07) is 17.7. The minimum Gasteiger partial charge on any atom is -0.272 e. The molecule has 2 N–H and O–H groups in total. The molecule has 5 heteroatoms. The first kappa shape index (κ1) is 16.6. The smallest absolute Gasteiger partial charge is 0.272 e. The second kappa shape index (κ2) is 7.13. The Hall–Kier alpha value is -3.21. The van der Waals surface area contributed by atoms with E-state index in [0.717, 1.165) is 22.5 Å². The normalized spacial score (nSPS) is 11.4. The standard InChI is InChI=1S/C20H20N4O/c1-13-4-8-16(9-5-13)15(3)21-24-20(25)19-12-18(22-23-19)17-10-6-14(2)7-11-17/h4-12H,1-3H3,(H,22,23)(H,24,25). The monoisotopic (exact) mass is 332 g/mol. The maximum absolute atomic E-state index is 12.2. The number of carbonyl (C=O) groups excluding carboxylic acids is 1. The molecule has 0 fully saturated rings. The number of aromatic amines is 1. The molecule has 126 valence electrons. The number of hydrazone groups is 1. The zero-order valence-corrected chi connectivity index (χ0v) is 14.5. The second-order valence-electron chi connectivity index (χ2n) is 6.04. The fraction of sp³-hybridized carbons (Fsp3) is 0.150. The molecule has 0 aliphatic rings. The summed E-state index contributed by atoms with van der Waals surface area (Å²) in [5, 5.41) is 11.1. The Kier molecular flexibility index (Phi) is 4.75. The topological polar surface area (TPSA) is 70.1 Å². The van der Waals surface area contributed by atoms with Gasteiger partial charge in [-0.3, -0.25) is 9.89 Å². The van der Waals surface area contributed by atoms with Crippen molar-refractivity contribution in [2.24, 2.45) is 5.10 Å². The van der Waals surface area contributed by atoms with Gasteiger partial charge in [-0.1, -0.05) is 59.7 Å². The number of aromatic nitrogens is 2. The van der Waals surface area contributed by atoms with E-state index in [0.29, 0.717) is 5.69 Å². The van der Waals surface area contributed by atoms with E-state index < -0.39 is 0 Å². The molecule has 0 spiro atoms. The molecule has 0 aliphatic carbocycles. The number of nitrogens with one attached hydrogen (secondary N) is 2. The summed E-state index contributed by atoms with van der Waals surface area (Å²) < 4.78 is 0. The van der Waals surface area contributed by atoms with Crippen LogP contribution in [0.5, 0.6) is 0 Å². The minimum absolute atomic E-state index is 0.322. The molecule has 0 saturated heterocycles. The minimum atomic E-state index is -0.322. The molecule has 0 atom stereocenters. The van der Waals surface area contributed by atoms with E-state index in [-0.39, 0.29) is 5.91 Å². The Morgan fingerprint density at radius 3 is 2.24 bits per heavy atom. The van der Waals surface area contributed by atoms with E-state index in [4.69, 9.17) is 0 Å². The lowest BCUT2D eigenvalue weighted by atomic mass is 10.1. The molecule has 0 bridgehead atoms. The summed E-state index contributed by atoms with van der Waals surface area (Å²) in [4.78, 5) is 12.2. The van der Waals surface area contributed by atoms with Crippen LogP contribution in [0.4, 0.5) is 0 Å². The van der Waals surface area contributed by atoms with E-state index in [1.807, 2.05) is 69.3 Å². The third kappa shape index (κ3) is 4.01. The van der Waals surface area contributed by atoms with Crippen molar-refractivity contribution in [2.75, 3.05) is 0 Å². The molecule has 0 aliphatic heterocycles. The molecule has 1 aromatic heterocycles. The Balaban J connectivity index is 1.70. The first-order valence-electron chi connectivity index (χ1n) is 8.07. The van der Waals surface area contributed by atoms with Crippen molar-refractivity contribution in [3.63, 3.8) is 0 Å². The van der Waals surface area contributed by atoms with Crippen molar-refractivity contribution in [3.05, 3.63) is 77.0 Å². The summed E-state index contributed by atoms with van der Waals surface area (Å²) in [6.45, 7) is 5.92. The number of carbonyl (C=O) groups is 1. The number of hydrogen-bond acceptors (Lipinski definition) is 3. The van der Waals surface area contributed by atoms with Gasteiger partial charge in [0.15, 0.2) is 0 Å². The molecule has 5 nitrogen and oxygen atoms in total. The van der Waals surface area contributed by atoms with E-state index >= 15 is 0 Å². The molecule has 0 radical (unpaired) electrons. The third-order valence-corrected chi connectivity index (χ3v) is 3.96. The molecule has 3 aromatic rings. The number of nitrogens with zero attached hydrogens (tertiary/aromatic N) is 2. The summed E-state index contributed by atoms with van der Waals surface area (Å²) in [6.07, 6.45) is 0. The number of amides is 1. The lowest BCUT2D eigenvalue weighted by Crippen LogP contribution is -2.19. The molecule has 25 heavy (non-hydrogen) atoms. The van der Waals surface area contributed by atoms with Crippen molar-refractivity contribution in [1.82, 2.24) is 15.6 Å². The van der Waals surface area contributed by atoms with Gasteiger partial charge in [-0.15, -0.1) is 0 Å². The average molecular weight is 332 g/mol. The molecule has 3 rings (SSSR count). The van der Waals surface area contributed by atoms with Crippen molar-refractivity contribution in [1.29, 1.82) is 0 Å². The van der Waals surface area contributed by atoms with E-state index in [2.05, 4.69) is 20.7 Å². The Labute approximate surface area is 146 Å². The summed E-state index contributed by atoms with van der Waals surface area (Å²) in [5.74, 6) is -0.322.